The molecule has 1 saturated carbocycles. The van der Waals surface area contributed by atoms with Gasteiger partial charge >= 0.3 is 0 Å². The van der Waals surface area contributed by atoms with E-state index in [-0.39, 0.29) is 5.38 Å². The van der Waals surface area contributed by atoms with Crippen LogP contribution >= 0.6 is 23.2 Å². The molecule has 17 heavy (non-hydrogen) atoms. The third kappa shape index (κ3) is 2.34. The maximum Gasteiger partial charge on any atom is 0.162 e. The molecule has 1 heterocycles. The second-order valence-corrected chi connectivity index (χ2v) is 5.49. The van der Waals surface area contributed by atoms with Crippen LogP contribution in [0.25, 0.3) is 0 Å². The molecule has 0 N–H and O–H groups in total. The molecule has 0 aromatic heterocycles. The van der Waals surface area contributed by atoms with E-state index < -0.39 is 0 Å². The van der Waals surface area contributed by atoms with Crippen molar-refractivity contribution in [2.24, 2.45) is 5.92 Å². The first-order valence-corrected chi connectivity index (χ1v) is 6.80. The highest BCUT2D eigenvalue weighted by Gasteiger charge is 2.32. The molecule has 2 nitrogen and oxygen atoms in total. The molecular weight excluding hydrogens is 259 g/mol. The van der Waals surface area contributed by atoms with E-state index in [4.69, 9.17) is 32.7 Å². The zero-order valence-corrected chi connectivity index (χ0v) is 10.9. The zero-order chi connectivity index (χ0) is 11.8. The minimum Gasteiger partial charge on any atom is -0.490 e. The molecule has 0 bridgehead atoms. The van der Waals surface area contributed by atoms with E-state index in [9.17, 15) is 0 Å². The Balaban J connectivity index is 1.96. The van der Waals surface area contributed by atoms with Crippen LogP contribution in [0.4, 0.5) is 0 Å². The summed E-state index contributed by atoms with van der Waals surface area (Å²) in [6.07, 6.45) is 3.28. The van der Waals surface area contributed by atoms with E-state index in [0.29, 0.717) is 24.2 Å². The molecule has 4 heteroatoms. The van der Waals surface area contributed by atoms with Gasteiger partial charge < -0.3 is 9.47 Å². The van der Waals surface area contributed by atoms with Crippen LogP contribution in [0.15, 0.2) is 12.1 Å². The first-order chi connectivity index (χ1) is 8.25. The van der Waals surface area contributed by atoms with Gasteiger partial charge in [0.25, 0.3) is 0 Å². The minimum absolute atomic E-state index is 0.000321. The average molecular weight is 273 g/mol. The van der Waals surface area contributed by atoms with Gasteiger partial charge in [0.15, 0.2) is 11.5 Å². The topological polar surface area (TPSA) is 18.5 Å². The molecule has 1 fully saturated rings. The van der Waals surface area contributed by atoms with E-state index in [1.54, 1.807) is 0 Å². The normalized spacial score (nSPS) is 20.8. The highest BCUT2D eigenvalue weighted by atomic mass is 35.5. The summed E-state index contributed by atoms with van der Waals surface area (Å²) in [4.78, 5) is 0. The van der Waals surface area contributed by atoms with Crippen LogP contribution < -0.4 is 9.47 Å². The minimum atomic E-state index is -0.000321. The van der Waals surface area contributed by atoms with Gasteiger partial charge in [0, 0.05) is 17.5 Å². The molecular formula is C13H14Cl2O2. The Morgan fingerprint density at radius 3 is 2.41 bits per heavy atom. The van der Waals surface area contributed by atoms with Gasteiger partial charge in [-0.3, -0.25) is 0 Å². The Bertz CT molecular complexity index is 430. The Kier molecular flexibility index (Phi) is 3.10. The predicted molar refractivity (Wildman–Crippen MR) is 68.4 cm³/mol. The molecule has 1 aliphatic heterocycles. The Hall–Kier alpha value is -0.600. The first kappa shape index (κ1) is 11.5. The summed E-state index contributed by atoms with van der Waals surface area (Å²) in [5.41, 5.74) is 0.972. The molecule has 1 atom stereocenters. The molecule has 0 spiro atoms. The van der Waals surface area contributed by atoms with Crippen LogP contribution in [-0.4, -0.2) is 13.2 Å². The SMILES string of the molecule is Clc1cc2c(cc1C(Cl)C1CC1)OCCCO2. The summed E-state index contributed by atoms with van der Waals surface area (Å²) >= 11 is 12.7. The number of halogens is 2. The van der Waals surface area contributed by atoms with E-state index in [0.717, 1.165) is 23.5 Å². The third-order valence-corrected chi connectivity index (χ3v) is 4.12. The van der Waals surface area contributed by atoms with Gasteiger partial charge in [-0.25, -0.2) is 0 Å². The molecule has 1 aromatic carbocycles. The monoisotopic (exact) mass is 272 g/mol. The predicted octanol–water partition coefficient (Wildman–Crippen LogP) is 4.19. The van der Waals surface area contributed by atoms with Gasteiger partial charge in [0.1, 0.15) is 0 Å². The lowest BCUT2D eigenvalue weighted by Crippen LogP contribution is -1.98. The largest absolute Gasteiger partial charge is 0.490 e. The van der Waals surface area contributed by atoms with Gasteiger partial charge in [0.2, 0.25) is 0 Å². The number of fused-ring (bicyclic) bond motifs is 1. The van der Waals surface area contributed by atoms with E-state index in [1.165, 1.54) is 12.8 Å². The third-order valence-electron chi connectivity index (χ3n) is 3.20. The molecule has 1 unspecified atom stereocenters. The van der Waals surface area contributed by atoms with E-state index in [1.807, 2.05) is 12.1 Å². The van der Waals surface area contributed by atoms with Crippen LogP contribution in [-0.2, 0) is 0 Å². The lowest BCUT2D eigenvalue weighted by atomic mass is 10.1. The standard InChI is InChI=1S/C13H14Cl2O2/c14-10-7-12-11(16-4-1-5-17-12)6-9(10)13(15)8-2-3-8/h6-8,13H,1-5H2. The van der Waals surface area contributed by atoms with Gasteiger partial charge in [-0.2, -0.15) is 0 Å². The summed E-state index contributed by atoms with van der Waals surface area (Å²) in [6.45, 7) is 1.36. The van der Waals surface area contributed by atoms with Crippen molar-refractivity contribution in [2.75, 3.05) is 13.2 Å². The fourth-order valence-corrected chi connectivity index (χ4v) is 2.81. The van der Waals surface area contributed by atoms with Crippen LogP contribution in [0.5, 0.6) is 11.5 Å². The van der Waals surface area contributed by atoms with Crippen molar-refractivity contribution < 1.29 is 9.47 Å². The number of hydrogen-bond donors (Lipinski definition) is 0. The van der Waals surface area contributed by atoms with Crippen LogP contribution in [0, 0.1) is 5.92 Å². The maximum atomic E-state index is 6.41. The number of alkyl halides is 1. The molecule has 0 saturated heterocycles. The highest BCUT2D eigenvalue weighted by Crippen LogP contribution is 2.49. The molecule has 3 rings (SSSR count). The fourth-order valence-electron chi connectivity index (χ4n) is 2.05. The summed E-state index contributed by atoms with van der Waals surface area (Å²) in [7, 11) is 0. The van der Waals surface area contributed by atoms with Gasteiger partial charge in [-0.1, -0.05) is 11.6 Å². The second kappa shape index (κ2) is 4.58. The van der Waals surface area contributed by atoms with Crippen molar-refractivity contribution in [2.45, 2.75) is 24.6 Å². The van der Waals surface area contributed by atoms with Gasteiger partial charge in [-0.15, -0.1) is 11.6 Å². The number of hydrogen-bond acceptors (Lipinski definition) is 2. The van der Waals surface area contributed by atoms with Gasteiger partial charge in [0.05, 0.1) is 18.6 Å². The first-order valence-electron chi connectivity index (χ1n) is 5.99. The summed E-state index contributed by atoms with van der Waals surface area (Å²) in [6, 6.07) is 3.77. The van der Waals surface area contributed by atoms with Crippen molar-refractivity contribution in [3.05, 3.63) is 22.7 Å². The van der Waals surface area contributed by atoms with Crippen LogP contribution in [0.2, 0.25) is 5.02 Å². The highest BCUT2D eigenvalue weighted by molar-refractivity contribution is 6.33. The molecule has 2 aliphatic rings. The Labute approximate surface area is 111 Å². The average Bonchev–Trinajstić information content (AvgIpc) is 3.14. The van der Waals surface area contributed by atoms with Crippen molar-refractivity contribution >= 4 is 23.2 Å². The number of ether oxygens (including phenoxy) is 2. The number of rotatable bonds is 2. The summed E-state index contributed by atoms with van der Waals surface area (Å²) < 4.78 is 11.2. The fraction of sp³-hybridized carbons (Fsp3) is 0.538. The lowest BCUT2D eigenvalue weighted by molar-refractivity contribution is 0.297. The Morgan fingerprint density at radius 2 is 1.76 bits per heavy atom. The quantitative estimate of drug-likeness (QED) is 0.752. The summed E-state index contributed by atoms with van der Waals surface area (Å²) in [5.74, 6) is 2.07. The molecule has 1 aromatic rings. The van der Waals surface area contributed by atoms with Crippen LogP contribution in [0.1, 0.15) is 30.2 Å². The second-order valence-electron chi connectivity index (χ2n) is 4.61. The Morgan fingerprint density at radius 1 is 1.12 bits per heavy atom. The van der Waals surface area contributed by atoms with E-state index in [2.05, 4.69) is 0 Å². The van der Waals surface area contributed by atoms with Crippen molar-refractivity contribution in [3.8, 4) is 11.5 Å². The van der Waals surface area contributed by atoms with E-state index >= 15 is 0 Å². The van der Waals surface area contributed by atoms with Crippen LogP contribution in [0.3, 0.4) is 0 Å². The molecule has 0 radical (unpaired) electrons. The molecule has 1 aliphatic carbocycles. The van der Waals surface area contributed by atoms with Gasteiger partial charge in [-0.05, 0) is 30.4 Å². The lowest BCUT2D eigenvalue weighted by Gasteiger charge is -2.14. The molecule has 0 amide bonds. The molecule has 92 valence electrons. The smallest absolute Gasteiger partial charge is 0.162 e. The van der Waals surface area contributed by atoms with Crippen molar-refractivity contribution in [1.29, 1.82) is 0 Å². The van der Waals surface area contributed by atoms with Crippen molar-refractivity contribution in [3.63, 3.8) is 0 Å². The summed E-state index contributed by atoms with van der Waals surface area (Å²) in [5, 5.41) is 0.681. The number of benzene rings is 1. The zero-order valence-electron chi connectivity index (χ0n) is 9.42. The van der Waals surface area contributed by atoms with Crippen molar-refractivity contribution in [1.82, 2.24) is 0 Å². The maximum absolute atomic E-state index is 6.41.